The second-order valence-corrected chi connectivity index (χ2v) is 10.3. The first-order valence-electron chi connectivity index (χ1n) is 11.4. The Bertz CT molecular complexity index is 1310. The molecule has 7 nitrogen and oxygen atoms in total. The molecular weight excluding hydrogens is 492 g/mol. The fourth-order valence-electron chi connectivity index (χ4n) is 3.44. The largest absolute Gasteiger partial charge is 0.497 e. The van der Waals surface area contributed by atoms with E-state index in [9.17, 15) is 4.79 Å². The highest BCUT2D eigenvalue weighted by atomic mass is 32.2. The average molecular weight is 521 g/mol. The van der Waals surface area contributed by atoms with Gasteiger partial charge in [-0.05, 0) is 50.2 Å². The normalized spacial score (nSPS) is 11.7. The van der Waals surface area contributed by atoms with Crippen molar-refractivity contribution in [2.75, 3.05) is 19.5 Å². The summed E-state index contributed by atoms with van der Waals surface area (Å²) in [6, 6.07) is 23.7. The van der Waals surface area contributed by atoms with E-state index in [1.165, 1.54) is 22.2 Å². The van der Waals surface area contributed by atoms with Gasteiger partial charge in [0.2, 0.25) is 5.91 Å². The third-order valence-electron chi connectivity index (χ3n) is 5.42. The van der Waals surface area contributed by atoms with Gasteiger partial charge < -0.3 is 14.8 Å². The summed E-state index contributed by atoms with van der Waals surface area (Å²) in [7, 11) is 3.14. The Morgan fingerprint density at radius 1 is 1.00 bits per heavy atom. The number of aryl methyl sites for hydroxylation is 1. The number of benzene rings is 3. The third-order valence-corrected chi connectivity index (χ3v) is 7.47. The number of amides is 1. The van der Waals surface area contributed by atoms with E-state index in [2.05, 4.69) is 46.7 Å². The molecule has 0 aliphatic heterocycles. The smallest absolute Gasteiger partial charge is 0.237 e. The summed E-state index contributed by atoms with van der Waals surface area (Å²) in [5, 5.41) is 12.1. The van der Waals surface area contributed by atoms with Crippen molar-refractivity contribution >= 4 is 35.1 Å². The predicted octanol–water partition coefficient (Wildman–Crippen LogP) is 6.00. The molecule has 3 aromatic carbocycles. The van der Waals surface area contributed by atoms with Crippen LogP contribution in [-0.4, -0.2) is 40.1 Å². The van der Waals surface area contributed by atoms with Crippen LogP contribution in [0.3, 0.4) is 0 Å². The molecule has 0 aliphatic rings. The van der Waals surface area contributed by atoms with E-state index in [0.29, 0.717) is 28.1 Å². The lowest BCUT2D eigenvalue weighted by Crippen LogP contribution is -2.23. The molecule has 4 rings (SSSR count). The highest BCUT2D eigenvalue weighted by molar-refractivity contribution is 8.00. The molecule has 186 valence electrons. The topological polar surface area (TPSA) is 78.3 Å². The Balaban J connectivity index is 1.53. The number of methoxy groups -OCH3 is 2. The van der Waals surface area contributed by atoms with Crippen LogP contribution in [0, 0.1) is 6.92 Å². The zero-order valence-electron chi connectivity index (χ0n) is 20.6. The van der Waals surface area contributed by atoms with Gasteiger partial charge in [0.25, 0.3) is 0 Å². The van der Waals surface area contributed by atoms with E-state index in [0.717, 1.165) is 11.5 Å². The lowest BCUT2D eigenvalue weighted by Gasteiger charge is -2.15. The fraction of sp³-hybridized carbons (Fsp3) is 0.222. The number of aromatic nitrogens is 3. The Kier molecular flexibility index (Phi) is 8.56. The van der Waals surface area contributed by atoms with Gasteiger partial charge in [-0.1, -0.05) is 47.7 Å². The Morgan fingerprint density at radius 3 is 2.44 bits per heavy atom. The van der Waals surface area contributed by atoms with Crippen LogP contribution in [0.2, 0.25) is 0 Å². The van der Waals surface area contributed by atoms with Crippen LogP contribution in [0.1, 0.15) is 18.3 Å². The van der Waals surface area contributed by atoms with Crippen molar-refractivity contribution in [2.24, 2.45) is 0 Å². The van der Waals surface area contributed by atoms with Crippen molar-refractivity contribution in [3.05, 3.63) is 84.2 Å². The maximum atomic E-state index is 13.1. The Labute approximate surface area is 219 Å². The standard InChI is InChI=1S/C27H28N4O3S2/c1-18-10-13-22(14-11-18)35-17-25-29-30-27(31(25)20-8-6-5-7-9-20)36-19(2)26(32)28-23-15-12-21(33-3)16-24(23)34-4/h5-16,19H,17H2,1-4H3,(H,28,32). The second-order valence-electron chi connectivity index (χ2n) is 7.99. The minimum atomic E-state index is -0.430. The minimum Gasteiger partial charge on any atom is -0.497 e. The van der Waals surface area contributed by atoms with Crippen LogP contribution in [0.5, 0.6) is 11.5 Å². The van der Waals surface area contributed by atoms with Gasteiger partial charge in [-0.3, -0.25) is 9.36 Å². The predicted molar refractivity (Wildman–Crippen MR) is 146 cm³/mol. The maximum absolute atomic E-state index is 13.1. The number of rotatable bonds is 10. The summed E-state index contributed by atoms with van der Waals surface area (Å²) in [6.07, 6.45) is 0. The molecule has 4 aromatic rings. The molecule has 0 radical (unpaired) electrons. The molecule has 0 saturated carbocycles. The molecule has 1 aromatic heterocycles. The van der Waals surface area contributed by atoms with Gasteiger partial charge in [0, 0.05) is 16.6 Å². The summed E-state index contributed by atoms with van der Waals surface area (Å²) < 4.78 is 12.7. The number of nitrogens with zero attached hydrogens (tertiary/aromatic N) is 3. The molecule has 36 heavy (non-hydrogen) atoms. The quantitative estimate of drug-likeness (QED) is 0.257. The number of carbonyl (C=O) groups is 1. The summed E-state index contributed by atoms with van der Waals surface area (Å²) in [5.41, 5.74) is 2.76. The van der Waals surface area contributed by atoms with E-state index in [1.54, 1.807) is 44.2 Å². The SMILES string of the molecule is COc1ccc(NC(=O)C(C)Sc2nnc(CSc3ccc(C)cc3)n2-c2ccccc2)c(OC)c1. The molecule has 1 amide bonds. The number of hydrogen-bond acceptors (Lipinski definition) is 7. The van der Waals surface area contributed by atoms with E-state index in [1.807, 2.05) is 41.8 Å². The number of carbonyl (C=O) groups excluding carboxylic acids is 1. The highest BCUT2D eigenvalue weighted by Crippen LogP contribution is 2.32. The van der Waals surface area contributed by atoms with Crippen molar-refractivity contribution in [3.8, 4) is 17.2 Å². The lowest BCUT2D eigenvalue weighted by atomic mass is 10.2. The van der Waals surface area contributed by atoms with E-state index >= 15 is 0 Å². The zero-order valence-corrected chi connectivity index (χ0v) is 22.2. The van der Waals surface area contributed by atoms with Crippen LogP contribution in [0.15, 0.2) is 82.8 Å². The molecule has 0 aliphatic carbocycles. The van der Waals surface area contributed by atoms with Crippen LogP contribution < -0.4 is 14.8 Å². The second kappa shape index (κ2) is 12.0. The molecule has 9 heteroatoms. The van der Waals surface area contributed by atoms with Crippen molar-refractivity contribution in [2.45, 2.75) is 34.9 Å². The summed E-state index contributed by atoms with van der Waals surface area (Å²) in [4.78, 5) is 14.2. The number of nitrogens with one attached hydrogen (secondary N) is 1. The van der Waals surface area contributed by atoms with Crippen LogP contribution in [-0.2, 0) is 10.5 Å². The summed E-state index contributed by atoms with van der Waals surface area (Å²) >= 11 is 3.06. The molecular formula is C27H28N4O3S2. The molecule has 0 fully saturated rings. The number of anilines is 1. The van der Waals surface area contributed by atoms with Gasteiger partial charge in [0.05, 0.1) is 30.9 Å². The molecule has 1 atom stereocenters. The number of thioether (sulfide) groups is 2. The summed E-state index contributed by atoms with van der Waals surface area (Å²) in [5.74, 6) is 2.48. The first-order chi connectivity index (χ1) is 17.5. The van der Waals surface area contributed by atoms with E-state index in [-0.39, 0.29) is 5.91 Å². The third kappa shape index (κ3) is 6.22. The minimum absolute atomic E-state index is 0.165. The number of ether oxygens (including phenoxy) is 2. The molecule has 0 spiro atoms. The molecule has 1 unspecified atom stereocenters. The lowest BCUT2D eigenvalue weighted by molar-refractivity contribution is -0.115. The van der Waals surface area contributed by atoms with Crippen LogP contribution >= 0.6 is 23.5 Å². The highest BCUT2D eigenvalue weighted by Gasteiger charge is 2.22. The van der Waals surface area contributed by atoms with Crippen molar-refractivity contribution in [3.63, 3.8) is 0 Å². The first-order valence-corrected chi connectivity index (χ1v) is 13.2. The van der Waals surface area contributed by atoms with Gasteiger partial charge in [-0.15, -0.1) is 22.0 Å². The van der Waals surface area contributed by atoms with Crippen molar-refractivity contribution in [1.29, 1.82) is 0 Å². The Morgan fingerprint density at radius 2 is 1.75 bits per heavy atom. The Hall–Kier alpha value is -3.43. The van der Waals surface area contributed by atoms with Gasteiger partial charge in [-0.25, -0.2) is 0 Å². The van der Waals surface area contributed by atoms with Gasteiger partial charge in [-0.2, -0.15) is 0 Å². The van der Waals surface area contributed by atoms with Crippen molar-refractivity contribution in [1.82, 2.24) is 14.8 Å². The molecule has 0 bridgehead atoms. The summed E-state index contributed by atoms with van der Waals surface area (Å²) in [6.45, 7) is 3.92. The zero-order chi connectivity index (χ0) is 25.5. The monoisotopic (exact) mass is 520 g/mol. The first kappa shape index (κ1) is 25.7. The van der Waals surface area contributed by atoms with Crippen LogP contribution in [0.25, 0.3) is 5.69 Å². The maximum Gasteiger partial charge on any atom is 0.237 e. The fourth-order valence-corrected chi connectivity index (χ4v) is 5.13. The van der Waals surface area contributed by atoms with Crippen LogP contribution in [0.4, 0.5) is 5.69 Å². The van der Waals surface area contributed by atoms with Gasteiger partial charge in [0.1, 0.15) is 17.3 Å². The van der Waals surface area contributed by atoms with Gasteiger partial charge in [0.15, 0.2) is 5.16 Å². The average Bonchev–Trinajstić information content (AvgIpc) is 3.31. The van der Waals surface area contributed by atoms with E-state index < -0.39 is 5.25 Å². The molecule has 1 N–H and O–H groups in total. The number of para-hydroxylation sites is 1. The number of hydrogen-bond donors (Lipinski definition) is 1. The van der Waals surface area contributed by atoms with Gasteiger partial charge >= 0.3 is 0 Å². The van der Waals surface area contributed by atoms with E-state index in [4.69, 9.17) is 9.47 Å². The van der Waals surface area contributed by atoms with Crippen molar-refractivity contribution < 1.29 is 14.3 Å². The molecule has 1 heterocycles. The molecule has 0 saturated heterocycles.